The van der Waals surface area contributed by atoms with Crippen molar-refractivity contribution in [3.8, 4) is 0 Å². The highest BCUT2D eigenvalue weighted by Gasteiger charge is 2.37. The van der Waals surface area contributed by atoms with Crippen molar-refractivity contribution in [1.82, 2.24) is 5.32 Å². The van der Waals surface area contributed by atoms with Crippen LogP contribution in [0.1, 0.15) is 47.0 Å². The van der Waals surface area contributed by atoms with Crippen LogP contribution in [0.3, 0.4) is 0 Å². The highest BCUT2D eigenvalue weighted by molar-refractivity contribution is 4.94. The van der Waals surface area contributed by atoms with E-state index < -0.39 is 0 Å². The molecule has 1 heteroatoms. The lowest BCUT2D eigenvalue weighted by Gasteiger charge is -2.27. The summed E-state index contributed by atoms with van der Waals surface area (Å²) in [5.74, 6) is 1.77. The number of hydrogen-bond acceptors (Lipinski definition) is 1. The summed E-state index contributed by atoms with van der Waals surface area (Å²) in [5, 5.41) is 3.67. The first-order chi connectivity index (χ1) is 5.56. The van der Waals surface area contributed by atoms with E-state index in [0.29, 0.717) is 5.54 Å². The first-order valence-corrected chi connectivity index (χ1v) is 5.31. The maximum absolute atomic E-state index is 3.67. The molecule has 1 nitrogen and oxygen atoms in total. The Hall–Kier alpha value is -0.0400. The Kier molecular flexibility index (Phi) is 3.16. The number of nitrogens with one attached hydrogen (secondary N) is 1. The third kappa shape index (κ3) is 2.78. The third-order valence-corrected chi connectivity index (χ3v) is 3.20. The molecule has 0 saturated heterocycles. The zero-order chi connectivity index (χ0) is 9.19. The topological polar surface area (TPSA) is 12.0 Å². The average Bonchev–Trinajstić information content (AvgIpc) is 2.82. The highest BCUT2D eigenvalue weighted by Crippen LogP contribution is 2.39. The second-order valence-corrected chi connectivity index (χ2v) is 4.89. The summed E-state index contributed by atoms with van der Waals surface area (Å²) >= 11 is 0. The van der Waals surface area contributed by atoms with Gasteiger partial charge >= 0.3 is 0 Å². The van der Waals surface area contributed by atoms with Crippen molar-refractivity contribution in [3.63, 3.8) is 0 Å². The van der Waals surface area contributed by atoms with Crippen LogP contribution in [0, 0.1) is 11.8 Å². The summed E-state index contributed by atoms with van der Waals surface area (Å²) in [7, 11) is 0. The monoisotopic (exact) mass is 169 g/mol. The molecular formula is C11H23N. The molecule has 0 amide bonds. The van der Waals surface area contributed by atoms with Gasteiger partial charge in [0.05, 0.1) is 0 Å². The Morgan fingerprint density at radius 2 is 2.00 bits per heavy atom. The molecule has 0 bridgehead atoms. The van der Waals surface area contributed by atoms with Gasteiger partial charge in [-0.15, -0.1) is 0 Å². The molecule has 0 aliphatic heterocycles. The Morgan fingerprint density at radius 3 is 2.42 bits per heavy atom. The zero-order valence-electron chi connectivity index (χ0n) is 8.98. The van der Waals surface area contributed by atoms with Crippen molar-refractivity contribution in [2.45, 2.75) is 52.5 Å². The first-order valence-electron chi connectivity index (χ1n) is 5.31. The summed E-state index contributed by atoms with van der Waals surface area (Å²) in [4.78, 5) is 0. The maximum Gasteiger partial charge on any atom is 0.0153 e. The molecule has 0 heterocycles. The lowest BCUT2D eigenvalue weighted by molar-refractivity contribution is 0.315. The lowest BCUT2D eigenvalue weighted by atomic mass is 9.97. The van der Waals surface area contributed by atoms with Crippen molar-refractivity contribution < 1.29 is 0 Å². The molecule has 1 fully saturated rings. The van der Waals surface area contributed by atoms with E-state index in [9.17, 15) is 0 Å². The van der Waals surface area contributed by atoms with Gasteiger partial charge in [0.25, 0.3) is 0 Å². The second kappa shape index (κ2) is 3.78. The van der Waals surface area contributed by atoms with E-state index in [1.807, 2.05) is 0 Å². The number of rotatable bonds is 5. The fourth-order valence-electron chi connectivity index (χ4n) is 1.53. The molecule has 0 aromatic heterocycles. The van der Waals surface area contributed by atoms with Gasteiger partial charge < -0.3 is 5.32 Å². The van der Waals surface area contributed by atoms with Gasteiger partial charge in [-0.3, -0.25) is 0 Å². The van der Waals surface area contributed by atoms with E-state index in [1.54, 1.807) is 0 Å². The minimum absolute atomic E-state index is 0.392. The Bertz CT molecular complexity index is 136. The molecular weight excluding hydrogens is 146 g/mol. The molecule has 72 valence electrons. The largest absolute Gasteiger partial charge is 0.311 e. The Morgan fingerprint density at radius 1 is 1.42 bits per heavy atom. The van der Waals surface area contributed by atoms with Crippen molar-refractivity contribution in [2.24, 2.45) is 11.8 Å². The van der Waals surface area contributed by atoms with E-state index in [1.165, 1.54) is 25.8 Å². The minimum Gasteiger partial charge on any atom is -0.311 e. The summed E-state index contributed by atoms with van der Waals surface area (Å²) < 4.78 is 0. The van der Waals surface area contributed by atoms with Crippen LogP contribution in [0.5, 0.6) is 0 Å². The van der Waals surface area contributed by atoms with Gasteiger partial charge in [0.2, 0.25) is 0 Å². The molecule has 1 unspecified atom stereocenters. The minimum atomic E-state index is 0.392. The van der Waals surface area contributed by atoms with Gasteiger partial charge in [-0.2, -0.15) is 0 Å². The molecule has 0 aromatic carbocycles. The second-order valence-electron chi connectivity index (χ2n) is 4.89. The quantitative estimate of drug-likeness (QED) is 0.667. The summed E-state index contributed by atoms with van der Waals surface area (Å²) in [6.07, 6.45) is 4.15. The predicted molar refractivity (Wildman–Crippen MR) is 54.3 cm³/mol. The van der Waals surface area contributed by atoms with Crippen LogP contribution in [-0.4, -0.2) is 12.1 Å². The fraction of sp³-hybridized carbons (Fsp3) is 1.00. The molecule has 0 spiro atoms. The van der Waals surface area contributed by atoms with Crippen LogP contribution < -0.4 is 5.32 Å². The smallest absolute Gasteiger partial charge is 0.0153 e. The number of hydrogen-bond donors (Lipinski definition) is 1. The van der Waals surface area contributed by atoms with Crippen LogP contribution >= 0.6 is 0 Å². The van der Waals surface area contributed by atoms with E-state index in [4.69, 9.17) is 0 Å². The van der Waals surface area contributed by atoms with Crippen molar-refractivity contribution in [2.75, 3.05) is 6.54 Å². The van der Waals surface area contributed by atoms with Gasteiger partial charge in [0.1, 0.15) is 0 Å². The van der Waals surface area contributed by atoms with Crippen LogP contribution in [-0.2, 0) is 0 Å². The van der Waals surface area contributed by atoms with E-state index in [0.717, 1.165) is 11.8 Å². The summed E-state index contributed by atoms with van der Waals surface area (Å²) in [5.41, 5.74) is 0.392. The molecule has 0 radical (unpaired) electrons. The van der Waals surface area contributed by atoms with Crippen LogP contribution in [0.2, 0.25) is 0 Å². The molecule has 1 saturated carbocycles. The van der Waals surface area contributed by atoms with E-state index in [-0.39, 0.29) is 0 Å². The van der Waals surface area contributed by atoms with Crippen molar-refractivity contribution >= 4 is 0 Å². The van der Waals surface area contributed by atoms with Gasteiger partial charge in [-0.1, -0.05) is 20.3 Å². The molecule has 0 aromatic rings. The SMILES string of the molecule is CCC(C)CNC(C)(C)C1CC1. The molecule has 1 aliphatic rings. The van der Waals surface area contributed by atoms with Crippen LogP contribution in [0.25, 0.3) is 0 Å². The standard InChI is InChI=1S/C11H23N/c1-5-9(2)8-12-11(3,4)10-6-7-10/h9-10,12H,5-8H2,1-4H3. The van der Waals surface area contributed by atoms with E-state index in [2.05, 4.69) is 33.0 Å². The highest BCUT2D eigenvalue weighted by atomic mass is 15.0. The fourth-order valence-corrected chi connectivity index (χ4v) is 1.53. The molecule has 1 rings (SSSR count). The van der Waals surface area contributed by atoms with Gasteiger partial charge in [0.15, 0.2) is 0 Å². The third-order valence-electron chi connectivity index (χ3n) is 3.20. The summed E-state index contributed by atoms with van der Waals surface area (Å²) in [6, 6.07) is 0. The van der Waals surface area contributed by atoms with Crippen LogP contribution in [0.4, 0.5) is 0 Å². The molecule has 1 aliphatic carbocycles. The van der Waals surface area contributed by atoms with Gasteiger partial charge in [-0.25, -0.2) is 0 Å². The average molecular weight is 169 g/mol. The van der Waals surface area contributed by atoms with Crippen molar-refractivity contribution in [3.05, 3.63) is 0 Å². The Labute approximate surface area is 76.9 Å². The maximum atomic E-state index is 3.67. The molecule has 12 heavy (non-hydrogen) atoms. The van der Waals surface area contributed by atoms with Crippen LogP contribution in [0.15, 0.2) is 0 Å². The molecule has 1 N–H and O–H groups in total. The Balaban J connectivity index is 2.20. The molecule has 1 atom stereocenters. The lowest BCUT2D eigenvalue weighted by Crippen LogP contribution is -2.43. The van der Waals surface area contributed by atoms with Gasteiger partial charge in [-0.05, 0) is 45.1 Å². The van der Waals surface area contributed by atoms with E-state index >= 15 is 0 Å². The van der Waals surface area contributed by atoms with Gasteiger partial charge in [0, 0.05) is 5.54 Å². The normalized spacial score (nSPS) is 21.0. The zero-order valence-corrected chi connectivity index (χ0v) is 8.98. The van der Waals surface area contributed by atoms with Crippen molar-refractivity contribution in [1.29, 1.82) is 0 Å². The summed E-state index contributed by atoms with van der Waals surface area (Å²) in [6.45, 7) is 10.4. The first kappa shape index (κ1) is 10.0. The predicted octanol–water partition coefficient (Wildman–Crippen LogP) is 2.81.